The van der Waals surface area contributed by atoms with Crippen molar-refractivity contribution in [3.8, 4) is 0 Å². The molecular weight excluding hydrogens is 284 g/mol. The monoisotopic (exact) mass is 308 g/mol. The van der Waals surface area contributed by atoms with Crippen molar-refractivity contribution in [1.29, 1.82) is 0 Å². The first-order valence-electron chi connectivity index (χ1n) is 8.28. The molecule has 0 heterocycles. The highest BCUT2D eigenvalue weighted by Gasteiger charge is 2.24. The maximum Gasteiger partial charge on any atom is 0.238 e. The third-order valence-corrected chi connectivity index (χ3v) is 4.68. The van der Waals surface area contributed by atoms with E-state index in [2.05, 4.69) is 34.5 Å². The first-order valence-corrected chi connectivity index (χ1v) is 8.28. The molecule has 0 aliphatic heterocycles. The van der Waals surface area contributed by atoms with Crippen LogP contribution in [-0.4, -0.2) is 24.4 Å². The van der Waals surface area contributed by atoms with E-state index in [0.29, 0.717) is 12.6 Å². The minimum atomic E-state index is 0.0462. The average molecular weight is 308 g/mol. The molecule has 3 nitrogen and oxygen atoms in total. The number of benzene rings is 2. The van der Waals surface area contributed by atoms with Gasteiger partial charge in [0.05, 0.1) is 6.54 Å². The summed E-state index contributed by atoms with van der Waals surface area (Å²) in [5.41, 5.74) is 4.79. The van der Waals surface area contributed by atoms with Crippen molar-refractivity contribution in [2.75, 3.05) is 18.9 Å². The number of nitrogens with one attached hydrogen (secondary N) is 1. The van der Waals surface area contributed by atoms with E-state index in [1.165, 1.54) is 17.5 Å². The van der Waals surface area contributed by atoms with E-state index in [-0.39, 0.29) is 5.91 Å². The summed E-state index contributed by atoms with van der Waals surface area (Å²) in [7, 11) is 2.05. The Bertz CT molecular complexity index is 696. The molecule has 0 fully saturated rings. The van der Waals surface area contributed by atoms with Gasteiger partial charge in [-0.25, -0.2) is 0 Å². The summed E-state index contributed by atoms with van der Waals surface area (Å²) in [6.07, 6.45) is 3.45. The highest BCUT2D eigenvalue weighted by atomic mass is 16.2. The number of likely N-dealkylation sites (N-methyl/N-ethyl adjacent to an activating group) is 1. The number of anilines is 1. The fourth-order valence-corrected chi connectivity index (χ4v) is 3.43. The maximum atomic E-state index is 12.4. The van der Waals surface area contributed by atoms with Crippen molar-refractivity contribution >= 4 is 11.6 Å². The number of amides is 1. The number of nitrogens with zero attached hydrogens (tertiary/aromatic N) is 1. The molecule has 2 aromatic carbocycles. The summed E-state index contributed by atoms with van der Waals surface area (Å²) in [5.74, 6) is 0.0462. The summed E-state index contributed by atoms with van der Waals surface area (Å²) < 4.78 is 0. The van der Waals surface area contributed by atoms with Gasteiger partial charge in [0.25, 0.3) is 0 Å². The van der Waals surface area contributed by atoms with Crippen LogP contribution in [0.25, 0.3) is 0 Å². The summed E-state index contributed by atoms with van der Waals surface area (Å²) in [4.78, 5) is 14.5. The molecule has 0 saturated carbocycles. The molecule has 1 aliphatic carbocycles. The van der Waals surface area contributed by atoms with Crippen molar-refractivity contribution in [1.82, 2.24) is 4.90 Å². The Labute approximate surface area is 138 Å². The number of hydrogen-bond acceptors (Lipinski definition) is 2. The van der Waals surface area contributed by atoms with E-state index in [1.54, 1.807) is 0 Å². The zero-order valence-electron chi connectivity index (χ0n) is 13.9. The number of carbonyl (C=O) groups is 1. The molecule has 1 N–H and O–H groups in total. The first kappa shape index (κ1) is 15.8. The van der Waals surface area contributed by atoms with Gasteiger partial charge in [0.15, 0.2) is 0 Å². The number of rotatable bonds is 4. The highest BCUT2D eigenvalue weighted by molar-refractivity contribution is 5.92. The van der Waals surface area contributed by atoms with E-state index >= 15 is 0 Å². The third-order valence-electron chi connectivity index (χ3n) is 4.68. The Balaban J connectivity index is 1.67. The van der Waals surface area contributed by atoms with Gasteiger partial charge in [-0.15, -0.1) is 0 Å². The fourth-order valence-electron chi connectivity index (χ4n) is 3.43. The second kappa shape index (κ2) is 6.97. The predicted octanol–water partition coefficient (Wildman–Crippen LogP) is 3.94. The number of aryl methyl sites for hydroxylation is 2. The van der Waals surface area contributed by atoms with Gasteiger partial charge in [-0.1, -0.05) is 42.5 Å². The van der Waals surface area contributed by atoms with Crippen LogP contribution in [0.1, 0.15) is 35.6 Å². The van der Waals surface area contributed by atoms with Gasteiger partial charge in [0.2, 0.25) is 5.91 Å². The van der Waals surface area contributed by atoms with Gasteiger partial charge >= 0.3 is 0 Å². The lowest BCUT2D eigenvalue weighted by molar-refractivity contribution is -0.117. The average Bonchev–Trinajstić information content (AvgIpc) is 2.56. The lowest BCUT2D eigenvalue weighted by atomic mass is 9.87. The first-order chi connectivity index (χ1) is 11.1. The summed E-state index contributed by atoms with van der Waals surface area (Å²) >= 11 is 0. The van der Waals surface area contributed by atoms with Crippen molar-refractivity contribution in [3.05, 3.63) is 65.2 Å². The van der Waals surface area contributed by atoms with Crippen LogP contribution in [0.3, 0.4) is 0 Å². The molecule has 23 heavy (non-hydrogen) atoms. The molecule has 120 valence electrons. The van der Waals surface area contributed by atoms with E-state index < -0.39 is 0 Å². The second-order valence-electron chi connectivity index (χ2n) is 6.39. The van der Waals surface area contributed by atoms with Crippen LogP contribution < -0.4 is 5.32 Å². The number of carbonyl (C=O) groups excluding carboxylic acids is 1. The molecule has 0 bridgehead atoms. The van der Waals surface area contributed by atoms with Gasteiger partial charge < -0.3 is 5.32 Å². The molecule has 0 spiro atoms. The van der Waals surface area contributed by atoms with E-state index in [4.69, 9.17) is 0 Å². The Morgan fingerprint density at radius 3 is 2.74 bits per heavy atom. The Kier molecular flexibility index (Phi) is 4.77. The predicted molar refractivity (Wildman–Crippen MR) is 94.6 cm³/mol. The molecule has 3 heteroatoms. The minimum absolute atomic E-state index is 0.0462. The van der Waals surface area contributed by atoms with Gasteiger partial charge in [0.1, 0.15) is 0 Å². The van der Waals surface area contributed by atoms with Crippen LogP contribution in [0, 0.1) is 6.92 Å². The largest absolute Gasteiger partial charge is 0.325 e. The molecule has 0 aromatic heterocycles. The Hall–Kier alpha value is -2.13. The van der Waals surface area contributed by atoms with Crippen LogP contribution in [0.2, 0.25) is 0 Å². The molecular formula is C20H24N2O. The van der Waals surface area contributed by atoms with Crippen LogP contribution in [0.15, 0.2) is 48.5 Å². The SMILES string of the molecule is Cc1ccccc1NC(=O)CN(C)[C@@H]1CCCc2ccccc21. The molecule has 1 amide bonds. The molecule has 1 aliphatic rings. The van der Waals surface area contributed by atoms with E-state index in [0.717, 1.165) is 24.1 Å². The molecule has 2 aromatic rings. The second-order valence-corrected chi connectivity index (χ2v) is 6.39. The number of hydrogen-bond donors (Lipinski definition) is 1. The number of fused-ring (bicyclic) bond motifs is 1. The quantitative estimate of drug-likeness (QED) is 0.928. The van der Waals surface area contributed by atoms with Gasteiger partial charge in [-0.3, -0.25) is 9.69 Å². The maximum absolute atomic E-state index is 12.4. The Morgan fingerprint density at radius 2 is 1.91 bits per heavy atom. The van der Waals surface area contributed by atoms with Gasteiger partial charge in [-0.05, 0) is 56.0 Å². The smallest absolute Gasteiger partial charge is 0.238 e. The van der Waals surface area contributed by atoms with Crippen molar-refractivity contribution in [3.63, 3.8) is 0 Å². The zero-order valence-corrected chi connectivity index (χ0v) is 13.9. The number of para-hydroxylation sites is 1. The standard InChI is InChI=1S/C20H24N2O/c1-15-8-3-6-12-18(15)21-20(23)14-22(2)19-13-7-10-16-9-4-5-11-17(16)19/h3-6,8-9,11-12,19H,7,10,13-14H2,1-2H3,(H,21,23)/t19-/m1/s1. The zero-order chi connectivity index (χ0) is 16.2. The molecule has 0 saturated heterocycles. The van der Waals surface area contributed by atoms with Crippen LogP contribution >= 0.6 is 0 Å². The third kappa shape index (κ3) is 3.62. The van der Waals surface area contributed by atoms with Crippen LogP contribution in [-0.2, 0) is 11.2 Å². The Morgan fingerprint density at radius 1 is 1.17 bits per heavy atom. The highest BCUT2D eigenvalue weighted by Crippen LogP contribution is 2.33. The van der Waals surface area contributed by atoms with Crippen molar-refractivity contribution in [2.24, 2.45) is 0 Å². The lowest BCUT2D eigenvalue weighted by Crippen LogP contribution is -2.35. The van der Waals surface area contributed by atoms with Crippen LogP contribution in [0.4, 0.5) is 5.69 Å². The normalized spacial score (nSPS) is 16.9. The molecule has 1 atom stereocenters. The lowest BCUT2D eigenvalue weighted by Gasteiger charge is -2.32. The minimum Gasteiger partial charge on any atom is -0.325 e. The molecule has 0 radical (unpaired) electrons. The fraction of sp³-hybridized carbons (Fsp3) is 0.350. The van der Waals surface area contributed by atoms with Crippen molar-refractivity contribution in [2.45, 2.75) is 32.2 Å². The summed E-state index contributed by atoms with van der Waals surface area (Å²) in [5, 5.41) is 3.02. The van der Waals surface area contributed by atoms with Gasteiger partial charge in [0, 0.05) is 11.7 Å². The van der Waals surface area contributed by atoms with Gasteiger partial charge in [-0.2, -0.15) is 0 Å². The van der Waals surface area contributed by atoms with Crippen LogP contribution in [0.5, 0.6) is 0 Å². The summed E-state index contributed by atoms with van der Waals surface area (Å²) in [6.45, 7) is 2.42. The van der Waals surface area contributed by atoms with E-state index in [9.17, 15) is 4.79 Å². The topological polar surface area (TPSA) is 32.3 Å². The molecule has 3 rings (SSSR count). The van der Waals surface area contributed by atoms with E-state index in [1.807, 2.05) is 38.2 Å². The summed E-state index contributed by atoms with van der Waals surface area (Å²) in [6, 6.07) is 16.8. The van der Waals surface area contributed by atoms with Crippen molar-refractivity contribution < 1.29 is 4.79 Å². The molecule has 0 unspecified atom stereocenters.